The van der Waals surface area contributed by atoms with Crippen molar-refractivity contribution in [1.29, 1.82) is 0 Å². The van der Waals surface area contributed by atoms with Gasteiger partial charge < -0.3 is 19.4 Å². The van der Waals surface area contributed by atoms with Crippen LogP contribution < -0.4 is 20.4 Å². The van der Waals surface area contributed by atoms with E-state index in [0.717, 1.165) is 55.5 Å². The van der Waals surface area contributed by atoms with Crippen LogP contribution in [0.5, 0.6) is 5.75 Å². The highest BCUT2D eigenvalue weighted by Crippen LogP contribution is 2.33. The molecule has 0 spiro atoms. The van der Waals surface area contributed by atoms with E-state index in [1.54, 1.807) is 7.11 Å². The third-order valence-electron chi connectivity index (χ3n) is 5.70. The summed E-state index contributed by atoms with van der Waals surface area (Å²) >= 11 is 0.895. The van der Waals surface area contributed by atoms with E-state index in [0.29, 0.717) is 19.0 Å². The molecule has 1 N–H and O–H groups in total. The van der Waals surface area contributed by atoms with Crippen molar-refractivity contribution in [2.45, 2.75) is 12.6 Å². The predicted octanol–water partition coefficient (Wildman–Crippen LogP) is 4.40. The maximum atomic E-state index is 13.0. The highest BCUT2D eigenvalue weighted by Gasteiger charge is 2.35. The number of carbonyl (C=O) groups excluding carboxylic acids is 1. The summed E-state index contributed by atoms with van der Waals surface area (Å²) < 4.78 is 49.2. The smallest absolute Gasteiger partial charge is 0.449 e. The van der Waals surface area contributed by atoms with Crippen molar-refractivity contribution in [3.05, 3.63) is 57.3 Å². The Bertz CT molecular complexity index is 1220. The normalized spacial score (nSPS) is 14.6. The third kappa shape index (κ3) is 6.17. The first-order valence-corrected chi connectivity index (χ1v) is 11.7. The van der Waals surface area contributed by atoms with Crippen LogP contribution in [0, 0.1) is 0 Å². The van der Waals surface area contributed by atoms with Crippen LogP contribution in [0.4, 0.5) is 18.9 Å². The highest BCUT2D eigenvalue weighted by atomic mass is 79.9. The molecule has 1 aliphatic rings. The number of halogens is 4. The summed E-state index contributed by atoms with van der Waals surface area (Å²) in [5.41, 5.74) is -0.131. The van der Waals surface area contributed by atoms with Crippen LogP contribution in [-0.2, 0) is 6.18 Å². The van der Waals surface area contributed by atoms with Crippen LogP contribution in [0.3, 0.4) is 0 Å². The Balaban J connectivity index is 0.00000342. The van der Waals surface area contributed by atoms with Crippen molar-refractivity contribution in [3.63, 3.8) is 0 Å². The molecule has 0 radical (unpaired) electrons. The van der Waals surface area contributed by atoms with E-state index in [2.05, 4.69) is 15.1 Å². The molecule has 4 rings (SSSR count). The number of carbonyl (C=O) groups is 1. The average molecular weight is 576 g/mol. The van der Waals surface area contributed by atoms with Crippen molar-refractivity contribution in [2.24, 2.45) is 0 Å². The van der Waals surface area contributed by atoms with Crippen LogP contribution in [0.2, 0.25) is 0 Å². The molecule has 1 saturated heterocycles. The molecule has 35 heavy (non-hydrogen) atoms. The predicted molar refractivity (Wildman–Crippen MR) is 134 cm³/mol. The van der Waals surface area contributed by atoms with E-state index in [9.17, 15) is 22.8 Å². The number of rotatable bonds is 7. The molecule has 12 heteroatoms. The minimum atomic E-state index is -4.81. The molecule has 1 aliphatic heterocycles. The number of nitrogens with one attached hydrogen (secondary N) is 1. The zero-order chi connectivity index (χ0) is 24.3. The number of methoxy groups -OCH3 is 1. The summed E-state index contributed by atoms with van der Waals surface area (Å²) in [7, 11) is 1.66. The summed E-state index contributed by atoms with van der Waals surface area (Å²) in [4.78, 5) is 29.1. The van der Waals surface area contributed by atoms with Gasteiger partial charge in [0.25, 0.3) is 5.91 Å². The summed E-state index contributed by atoms with van der Waals surface area (Å²) in [6.45, 7) is 4.57. The molecule has 1 fully saturated rings. The van der Waals surface area contributed by atoms with Crippen LogP contribution in [0.25, 0.3) is 10.3 Å². The number of piperazine rings is 1. The molecule has 190 valence electrons. The number of hydrogen-bond donors (Lipinski definition) is 1. The van der Waals surface area contributed by atoms with Crippen molar-refractivity contribution >= 4 is 50.2 Å². The summed E-state index contributed by atoms with van der Waals surface area (Å²) in [5.74, 6) is -1.13. The van der Waals surface area contributed by atoms with Gasteiger partial charge in [-0.2, -0.15) is 13.2 Å². The van der Waals surface area contributed by atoms with Gasteiger partial charge in [0.15, 0.2) is 5.58 Å². The van der Waals surface area contributed by atoms with E-state index in [4.69, 9.17) is 9.15 Å². The van der Waals surface area contributed by atoms with Gasteiger partial charge in [0.05, 0.1) is 18.4 Å². The van der Waals surface area contributed by atoms with Crippen LogP contribution >= 0.6 is 28.3 Å². The van der Waals surface area contributed by atoms with Crippen molar-refractivity contribution in [3.8, 4) is 5.75 Å². The SMILES string of the molecule is Br.COc1ccccc1N1CCN(CCCNC(=O)c2csc3c(=O)cc(C(F)(F)F)oc23)CC1. The number of nitrogens with zero attached hydrogens (tertiary/aromatic N) is 2. The fourth-order valence-corrected chi connectivity index (χ4v) is 4.83. The molecule has 0 aliphatic carbocycles. The Kier molecular flexibility index (Phi) is 8.84. The highest BCUT2D eigenvalue weighted by molar-refractivity contribution is 8.93. The van der Waals surface area contributed by atoms with Gasteiger partial charge in [0, 0.05) is 44.2 Å². The van der Waals surface area contributed by atoms with Gasteiger partial charge in [0.1, 0.15) is 10.4 Å². The van der Waals surface area contributed by atoms with Crippen molar-refractivity contribution in [1.82, 2.24) is 10.2 Å². The number of anilines is 1. The van der Waals surface area contributed by atoms with Crippen LogP contribution in [0.15, 0.2) is 44.9 Å². The number of para-hydroxylation sites is 2. The fourth-order valence-electron chi connectivity index (χ4n) is 3.94. The average Bonchev–Trinajstić information content (AvgIpc) is 3.26. The number of benzene rings is 1. The van der Waals surface area contributed by atoms with E-state index in [-0.39, 0.29) is 32.8 Å². The minimum Gasteiger partial charge on any atom is -0.495 e. The van der Waals surface area contributed by atoms with Gasteiger partial charge in [-0.25, -0.2) is 0 Å². The molecule has 7 nitrogen and oxygen atoms in total. The zero-order valence-electron chi connectivity index (χ0n) is 18.9. The lowest BCUT2D eigenvalue weighted by atomic mass is 10.2. The Morgan fingerprint density at radius 1 is 1.20 bits per heavy atom. The Labute approximate surface area is 214 Å². The molecule has 0 unspecified atom stereocenters. The standard InChI is InChI=1S/C23H24F3N3O4S.BrH/c1-32-18-6-3-2-5-16(18)29-11-9-28(10-12-29)8-4-7-27-22(31)15-14-34-21-17(30)13-19(23(24,25)26)33-20(15)21;/h2-3,5-6,13-14H,4,7-12H2,1H3,(H,27,31);1H. The quantitative estimate of drug-likeness (QED) is 0.421. The Hall–Kier alpha value is -2.57. The van der Waals surface area contributed by atoms with E-state index in [1.807, 2.05) is 24.3 Å². The number of ether oxygens (including phenoxy) is 1. The van der Waals surface area contributed by atoms with Gasteiger partial charge in [-0.1, -0.05) is 12.1 Å². The molecule has 3 heterocycles. The zero-order valence-corrected chi connectivity index (χ0v) is 21.4. The van der Waals surface area contributed by atoms with E-state index in [1.165, 1.54) is 5.38 Å². The van der Waals surface area contributed by atoms with Gasteiger partial charge in [-0.3, -0.25) is 14.5 Å². The van der Waals surface area contributed by atoms with E-state index >= 15 is 0 Å². The third-order valence-corrected chi connectivity index (χ3v) is 6.68. The van der Waals surface area contributed by atoms with Crippen molar-refractivity contribution < 1.29 is 27.1 Å². The first-order chi connectivity index (χ1) is 16.3. The summed E-state index contributed by atoms with van der Waals surface area (Å²) in [5, 5.41) is 4.06. The molecule has 2 aromatic heterocycles. The van der Waals surface area contributed by atoms with Crippen molar-refractivity contribution in [2.75, 3.05) is 51.3 Å². The van der Waals surface area contributed by atoms with Crippen LogP contribution in [0.1, 0.15) is 22.5 Å². The molecular weight excluding hydrogens is 551 g/mol. The Morgan fingerprint density at radius 2 is 1.91 bits per heavy atom. The topological polar surface area (TPSA) is 75.0 Å². The van der Waals surface area contributed by atoms with E-state index < -0.39 is 23.3 Å². The van der Waals surface area contributed by atoms with Gasteiger partial charge in [-0.15, -0.1) is 28.3 Å². The van der Waals surface area contributed by atoms with Gasteiger partial charge in [0.2, 0.25) is 11.2 Å². The number of thiophene rings is 1. The number of amides is 1. The number of fused-ring (bicyclic) bond motifs is 1. The van der Waals surface area contributed by atoms with Gasteiger partial charge in [-0.05, 0) is 25.1 Å². The second-order valence-corrected chi connectivity index (χ2v) is 8.77. The maximum absolute atomic E-state index is 13.0. The molecule has 0 saturated carbocycles. The Morgan fingerprint density at radius 3 is 2.60 bits per heavy atom. The molecule has 0 bridgehead atoms. The second kappa shape index (κ2) is 11.4. The molecule has 1 aromatic carbocycles. The molecule has 3 aromatic rings. The lowest BCUT2D eigenvalue weighted by molar-refractivity contribution is -0.152. The van der Waals surface area contributed by atoms with Crippen LogP contribution in [-0.4, -0.2) is 57.2 Å². The monoisotopic (exact) mass is 575 g/mol. The first-order valence-electron chi connectivity index (χ1n) is 10.8. The second-order valence-electron chi connectivity index (χ2n) is 7.89. The first kappa shape index (κ1) is 27.0. The lowest BCUT2D eigenvalue weighted by Crippen LogP contribution is -2.47. The molecular formula is C23H25BrF3N3O4S. The minimum absolute atomic E-state index is 0. The number of alkyl halides is 3. The van der Waals surface area contributed by atoms with Gasteiger partial charge >= 0.3 is 6.18 Å². The molecule has 1 amide bonds. The molecule has 0 atom stereocenters. The summed E-state index contributed by atoms with van der Waals surface area (Å²) in [6, 6.07) is 8.32. The fraction of sp³-hybridized carbons (Fsp3) is 0.391. The maximum Gasteiger partial charge on any atom is 0.449 e. The largest absolute Gasteiger partial charge is 0.495 e. The number of hydrogen-bond acceptors (Lipinski definition) is 7. The lowest BCUT2D eigenvalue weighted by Gasteiger charge is -2.36. The summed E-state index contributed by atoms with van der Waals surface area (Å²) in [6.07, 6.45) is -4.13.